The molecule has 0 fully saturated rings. The van der Waals surface area contributed by atoms with E-state index >= 15 is 0 Å². The van der Waals surface area contributed by atoms with Gasteiger partial charge in [-0.3, -0.25) is 28.8 Å². The van der Waals surface area contributed by atoms with E-state index in [1.165, 1.54) is 20.8 Å². The summed E-state index contributed by atoms with van der Waals surface area (Å²) in [5.74, 6) is -6.00. The zero-order valence-corrected chi connectivity index (χ0v) is 30.3. The van der Waals surface area contributed by atoms with Crippen LogP contribution in [0.1, 0.15) is 56.8 Å². The van der Waals surface area contributed by atoms with Crippen LogP contribution in [-0.4, -0.2) is 103 Å². The minimum Gasteiger partial charge on any atom is -0.463 e. The second kappa shape index (κ2) is 21.5. The Morgan fingerprint density at radius 1 is 0.673 bits per heavy atom. The number of aliphatic hydroxyl groups is 1. The summed E-state index contributed by atoms with van der Waals surface area (Å²) in [7, 11) is 1.02. The largest absolute Gasteiger partial charge is 0.463 e. The first-order valence-corrected chi connectivity index (χ1v) is 17.1. The van der Waals surface area contributed by atoms with Crippen molar-refractivity contribution >= 4 is 52.9 Å². The van der Waals surface area contributed by atoms with Crippen LogP contribution in [0.15, 0.2) is 48.5 Å². The van der Waals surface area contributed by atoms with Crippen molar-refractivity contribution in [3.05, 3.63) is 59.1 Å². The number of benzene rings is 2. The van der Waals surface area contributed by atoms with Crippen LogP contribution in [0.25, 0.3) is 11.1 Å². The van der Waals surface area contributed by atoms with Crippen LogP contribution in [-0.2, 0) is 33.5 Å². The maximum atomic E-state index is 13.3. The van der Waals surface area contributed by atoms with Crippen LogP contribution >= 0.6 is 11.6 Å². The first-order chi connectivity index (χ1) is 24.6. The Morgan fingerprint density at radius 2 is 1.21 bits per heavy atom. The number of halogens is 1. The fraction of sp³-hybridized carbons (Fsp3) is 0.457. The van der Waals surface area contributed by atoms with Crippen molar-refractivity contribution in [2.45, 2.75) is 82.8 Å². The van der Waals surface area contributed by atoms with Crippen molar-refractivity contribution in [3.63, 3.8) is 0 Å². The maximum absolute atomic E-state index is 13.3. The van der Waals surface area contributed by atoms with Gasteiger partial charge >= 0.3 is 5.97 Å². The fourth-order valence-electron chi connectivity index (χ4n) is 4.88. The van der Waals surface area contributed by atoms with Gasteiger partial charge in [0.15, 0.2) is 0 Å². The second-order valence-corrected chi connectivity index (χ2v) is 12.5. The molecule has 10 N–H and O–H groups in total. The highest BCUT2D eigenvalue weighted by atomic mass is 35.5. The summed E-state index contributed by atoms with van der Waals surface area (Å²) in [4.78, 5) is 89.3. The predicted octanol–water partition coefficient (Wildman–Crippen LogP) is -0.315. The van der Waals surface area contributed by atoms with Crippen LogP contribution in [0.4, 0.5) is 0 Å². The molecule has 0 saturated carbocycles. The van der Waals surface area contributed by atoms with Crippen LogP contribution < -0.4 is 38.1 Å². The average molecular weight is 746 g/mol. The summed E-state index contributed by atoms with van der Waals surface area (Å²) >= 11 is 5.96. The summed E-state index contributed by atoms with van der Waals surface area (Å²) < 4.78 is 4.39. The van der Waals surface area contributed by atoms with Crippen molar-refractivity contribution in [1.29, 1.82) is 0 Å². The number of nitrogens with one attached hydrogen (secondary N) is 5. The van der Waals surface area contributed by atoms with E-state index in [4.69, 9.17) is 23.1 Å². The lowest BCUT2D eigenvalue weighted by Gasteiger charge is -2.26. The Morgan fingerprint density at radius 3 is 1.75 bits per heavy atom. The zero-order chi connectivity index (χ0) is 39.0. The van der Waals surface area contributed by atoms with Crippen molar-refractivity contribution in [3.8, 4) is 11.1 Å². The monoisotopic (exact) mass is 745 g/mol. The number of nitrogens with two attached hydrogens (primary N) is 2. The summed E-state index contributed by atoms with van der Waals surface area (Å²) in [6.07, 6.45) is -0.342. The molecular formula is C35H48ClN7O9. The molecule has 0 aliphatic heterocycles. The number of esters is 1. The Kier molecular flexibility index (Phi) is 17.9. The molecule has 0 bridgehead atoms. The summed E-state index contributed by atoms with van der Waals surface area (Å²) in [6.45, 7) is 4.19. The topological polar surface area (TPSA) is 261 Å². The molecule has 2 aromatic rings. The number of methoxy groups -OCH3 is 1. The number of ether oxygens (including phenoxy) is 1. The van der Waals surface area contributed by atoms with Gasteiger partial charge in [-0.25, -0.2) is 4.79 Å². The highest BCUT2D eigenvalue weighted by Crippen LogP contribution is 2.22. The Labute approximate surface area is 307 Å². The number of carbonyl (C=O) groups excluding carboxylic acids is 7. The summed E-state index contributed by atoms with van der Waals surface area (Å²) in [6, 6.07) is 7.43. The van der Waals surface area contributed by atoms with Crippen LogP contribution in [0.5, 0.6) is 0 Å². The third-order valence-electron chi connectivity index (χ3n) is 7.94. The van der Waals surface area contributed by atoms with Crippen LogP contribution in [0.3, 0.4) is 0 Å². The number of rotatable bonds is 20. The number of aliphatic hydroxyl groups excluding tert-OH is 1. The molecule has 0 aromatic heterocycles. The molecular weight excluding hydrogens is 698 g/mol. The minimum absolute atomic E-state index is 0.00480. The number of hydrogen-bond acceptors (Lipinski definition) is 11. The molecule has 2 rings (SSSR count). The highest BCUT2D eigenvalue weighted by Gasteiger charge is 2.33. The van der Waals surface area contributed by atoms with Crippen molar-refractivity contribution in [2.75, 3.05) is 20.2 Å². The van der Waals surface area contributed by atoms with Crippen molar-refractivity contribution < 1.29 is 43.4 Å². The number of ketones is 1. The molecule has 0 radical (unpaired) electrons. The highest BCUT2D eigenvalue weighted by molar-refractivity contribution is 6.36. The molecule has 0 saturated heterocycles. The van der Waals surface area contributed by atoms with Gasteiger partial charge in [0, 0.05) is 10.6 Å². The van der Waals surface area contributed by atoms with Gasteiger partial charge < -0.3 is 47.9 Å². The molecule has 0 heterocycles. The molecule has 2 aromatic carbocycles. The van der Waals surface area contributed by atoms with E-state index in [2.05, 4.69) is 31.3 Å². The normalized spacial score (nSPS) is 14.3. The lowest BCUT2D eigenvalue weighted by Crippen LogP contribution is -2.60. The van der Waals surface area contributed by atoms with E-state index in [0.717, 1.165) is 18.2 Å². The maximum Gasteiger partial charge on any atom is 0.376 e. The van der Waals surface area contributed by atoms with E-state index in [-0.39, 0.29) is 24.9 Å². The van der Waals surface area contributed by atoms with E-state index in [1.807, 2.05) is 12.1 Å². The summed E-state index contributed by atoms with van der Waals surface area (Å²) in [5, 5.41) is 23.3. The number of Topliss-reactive ketones (excluding diaryl/α,β-unsaturated/α-hetero) is 1. The smallest absolute Gasteiger partial charge is 0.376 e. The standard InChI is InChI=1S/C35H48ClN7O9/c1-19(29(45)35(51)52-4)39-32(48)26(7-5-6-17-37)41-30(46)20(2)40-34(50)28(21(3)44)43-33(49)27(16-18-38)42-31(47)24-10-8-22(9-11-24)23-12-14-25(36)15-13-23/h8-15,19-21,26-28,44H,5-7,16-18,37-38H2,1-4H3,(H,39,48)(H,40,50)(H,41,46)(H,42,47)(H,43,49)/t19-,20-,21+,26-,27-,28-/m0/s1. The number of carbonyl (C=O) groups is 7. The van der Waals surface area contributed by atoms with E-state index in [1.54, 1.807) is 36.4 Å². The van der Waals surface area contributed by atoms with E-state index < -0.39 is 77.6 Å². The number of amides is 5. The van der Waals surface area contributed by atoms with Gasteiger partial charge in [-0.2, -0.15) is 0 Å². The second-order valence-electron chi connectivity index (χ2n) is 12.1. The van der Waals surface area contributed by atoms with Crippen molar-refractivity contribution in [1.82, 2.24) is 26.6 Å². The van der Waals surface area contributed by atoms with Crippen LogP contribution in [0.2, 0.25) is 5.02 Å². The van der Waals surface area contributed by atoms with Gasteiger partial charge in [-0.15, -0.1) is 0 Å². The molecule has 5 amide bonds. The molecule has 0 spiro atoms. The van der Waals surface area contributed by atoms with Gasteiger partial charge in [0.25, 0.3) is 11.7 Å². The molecule has 6 atom stereocenters. The molecule has 0 unspecified atom stereocenters. The molecule has 17 heteroatoms. The quantitative estimate of drug-likeness (QED) is 0.0495. The first kappa shape index (κ1) is 43.3. The van der Waals surface area contributed by atoms with E-state index in [9.17, 15) is 38.7 Å². The molecule has 0 aliphatic carbocycles. The number of unbranched alkanes of at least 4 members (excludes halogenated alkanes) is 1. The van der Waals surface area contributed by atoms with Gasteiger partial charge in [-0.1, -0.05) is 35.9 Å². The fourth-order valence-corrected chi connectivity index (χ4v) is 5.00. The molecule has 52 heavy (non-hydrogen) atoms. The van der Waals surface area contributed by atoms with Crippen molar-refractivity contribution in [2.24, 2.45) is 11.5 Å². The van der Waals surface area contributed by atoms with E-state index in [0.29, 0.717) is 24.4 Å². The van der Waals surface area contributed by atoms with Gasteiger partial charge in [0.05, 0.1) is 19.3 Å². The molecule has 0 aliphatic rings. The minimum atomic E-state index is -1.55. The third-order valence-corrected chi connectivity index (χ3v) is 8.19. The van der Waals surface area contributed by atoms with Gasteiger partial charge in [0.1, 0.15) is 24.2 Å². The predicted molar refractivity (Wildman–Crippen MR) is 192 cm³/mol. The molecule has 16 nitrogen and oxygen atoms in total. The Bertz CT molecular complexity index is 1550. The lowest BCUT2D eigenvalue weighted by molar-refractivity contribution is -0.152. The summed E-state index contributed by atoms with van der Waals surface area (Å²) in [5.41, 5.74) is 13.2. The van der Waals surface area contributed by atoms with Crippen LogP contribution in [0, 0.1) is 0 Å². The average Bonchev–Trinajstić information content (AvgIpc) is 3.12. The zero-order valence-electron chi connectivity index (χ0n) is 29.6. The first-order valence-electron chi connectivity index (χ1n) is 16.7. The van der Waals surface area contributed by atoms with Gasteiger partial charge in [0.2, 0.25) is 23.6 Å². The Hall–Kier alpha value is -4.90. The number of hydrogen-bond donors (Lipinski definition) is 8. The lowest BCUT2D eigenvalue weighted by atomic mass is 10.0. The third kappa shape index (κ3) is 13.3. The SMILES string of the molecule is COC(=O)C(=O)[C@H](C)NC(=O)[C@H](CCCCN)NC(=O)[C@H](C)NC(=O)[C@@H](NC(=O)[C@H](CCN)NC(=O)c1ccc(-c2ccc(Cl)cc2)cc1)[C@@H](C)O. The van der Waals surface area contributed by atoms with Gasteiger partial charge in [-0.05, 0) is 94.9 Å². The Balaban J connectivity index is 2.08. The molecule has 284 valence electrons.